The molecule has 0 aliphatic rings. The minimum atomic E-state index is -0.245. The van der Waals surface area contributed by atoms with Gasteiger partial charge in [0.25, 0.3) is 5.91 Å². The molecule has 0 aliphatic carbocycles. The van der Waals surface area contributed by atoms with Gasteiger partial charge in [0, 0.05) is 24.3 Å². The van der Waals surface area contributed by atoms with Crippen LogP contribution in [0.3, 0.4) is 0 Å². The maximum Gasteiger partial charge on any atom is 0.286 e. The van der Waals surface area contributed by atoms with Crippen molar-refractivity contribution in [3.05, 3.63) is 69.3 Å². The van der Waals surface area contributed by atoms with Crippen molar-refractivity contribution in [3.63, 3.8) is 0 Å². The first kappa shape index (κ1) is 19.5. The van der Waals surface area contributed by atoms with Gasteiger partial charge in [-0.25, -0.2) is 0 Å². The van der Waals surface area contributed by atoms with Gasteiger partial charge < -0.3 is 14.5 Å². The molecule has 1 aromatic carbocycles. The summed E-state index contributed by atoms with van der Waals surface area (Å²) >= 11 is 9.27. The van der Waals surface area contributed by atoms with E-state index in [1.54, 1.807) is 36.4 Å². The van der Waals surface area contributed by atoms with Gasteiger partial charge in [-0.1, -0.05) is 11.6 Å². The number of ether oxygens (including phenoxy) is 1. The number of amides is 1. The number of aryl methyl sites for hydroxylation is 2. The van der Waals surface area contributed by atoms with Crippen LogP contribution in [-0.4, -0.2) is 22.2 Å². The summed E-state index contributed by atoms with van der Waals surface area (Å²) in [5.74, 6) is 1.28. The second-order valence-corrected chi connectivity index (χ2v) is 7.23. The first-order chi connectivity index (χ1) is 13.0. The van der Waals surface area contributed by atoms with E-state index < -0.39 is 0 Å². The van der Waals surface area contributed by atoms with Crippen molar-refractivity contribution in [1.29, 1.82) is 0 Å². The summed E-state index contributed by atoms with van der Waals surface area (Å²) in [6, 6.07) is 10.4. The van der Waals surface area contributed by atoms with E-state index in [2.05, 4.69) is 26.3 Å². The number of nitrogens with one attached hydrogen (secondary N) is 1. The Balaban J connectivity index is 1.41. The van der Waals surface area contributed by atoms with Crippen LogP contribution in [-0.2, 0) is 13.2 Å². The first-order valence-corrected chi connectivity index (χ1v) is 9.63. The fraction of sp³-hybridized carbons (Fsp3) is 0.263. The first-order valence-electron chi connectivity index (χ1n) is 8.46. The van der Waals surface area contributed by atoms with E-state index in [-0.39, 0.29) is 18.3 Å². The monoisotopic (exact) mass is 451 g/mol. The van der Waals surface area contributed by atoms with Crippen LogP contribution in [0.2, 0.25) is 5.02 Å². The minimum absolute atomic E-state index is 0.239. The van der Waals surface area contributed by atoms with Crippen LogP contribution in [0.25, 0.3) is 0 Å². The molecule has 6 nitrogen and oxygen atoms in total. The highest BCUT2D eigenvalue weighted by Crippen LogP contribution is 2.18. The Morgan fingerprint density at radius 2 is 2.07 bits per heavy atom. The summed E-state index contributed by atoms with van der Waals surface area (Å²) in [7, 11) is 0. The number of carbonyl (C=O) groups excluding carboxylic acids is 1. The molecular weight excluding hydrogens is 434 g/mol. The number of furan rings is 1. The third-order valence-electron chi connectivity index (χ3n) is 3.82. The second kappa shape index (κ2) is 9.10. The Morgan fingerprint density at radius 1 is 1.30 bits per heavy atom. The van der Waals surface area contributed by atoms with Crippen molar-refractivity contribution < 1.29 is 13.9 Å². The highest BCUT2D eigenvalue weighted by atomic mass is 79.9. The Labute approximate surface area is 170 Å². The molecule has 1 amide bonds. The van der Waals surface area contributed by atoms with Crippen LogP contribution >= 0.6 is 27.5 Å². The van der Waals surface area contributed by atoms with E-state index in [1.165, 1.54) is 0 Å². The third-order valence-corrected chi connectivity index (χ3v) is 4.85. The van der Waals surface area contributed by atoms with Gasteiger partial charge in [-0.3, -0.25) is 9.48 Å². The van der Waals surface area contributed by atoms with Crippen molar-refractivity contribution in [2.45, 2.75) is 26.5 Å². The van der Waals surface area contributed by atoms with Crippen LogP contribution < -0.4 is 10.1 Å². The summed E-state index contributed by atoms with van der Waals surface area (Å²) in [6.45, 7) is 3.44. The molecule has 27 heavy (non-hydrogen) atoms. The fourth-order valence-electron chi connectivity index (χ4n) is 2.40. The van der Waals surface area contributed by atoms with Gasteiger partial charge in [0.1, 0.15) is 18.1 Å². The second-order valence-electron chi connectivity index (χ2n) is 5.94. The van der Waals surface area contributed by atoms with E-state index >= 15 is 0 Å². The summed E-state index contributed by atoms with van der Waals surface area (Å²) in [6.07, 6.45) is 2.70. The average Bonchev–Trinajstić information content (AvgIpc) is 3.25. The Hall–Kier alpha value is -2.25. The summed E-state index contributed by atoms with van der Waals surface area (Å²) in [4.78, 5) is 12.1. The Morgan fingerprint density at radius 3 is 2.78 bits per heavy atom. The molecule has 0 saturated carbocycles. The summed E-state index contributed by atoms with van der Waals surface area (Å²) < 4.78 is 14.0. The number of hydrogen-bond donors (Lipinski definition) is 1. The van der Waals surface area contributed by atoms with Gasteiger partial charge in [-0.2, -0.15) is 5.10 Å². The molecule has 0 bridgehead atoms. The molecule has 142 valence electrons. The standard InChI is InChI=1S/C19H19BrClN3O3/c1-13-17(20)11-24(23-13)10-2-9-22-19(25)18-8-7-16(27-18)12-26-15-5-3-14(21)4-6-15/h3-8,11H,2,9-10,12H2,1H3,(H,22,25). The van der Waals surface area contributed by atoms with E-state index in [1.807, 2.05) is 17.8 Å². The van der Waals surface area contributed by atoms with Gasteiger partial charge in [0.05, 0.1) is 10.2 Å². The summed E-state index contributed by atoms with van der Waals surface area (Å²) in [5.41, 5.74) is 0.947. The smallest absolute Gasteiger partial charge is 0.286 e. The van der Waals surface area contributed by atoms with Crippen LogP contribution in [0.1, 0.15) is 28.4 Å². The minimum Gasteiger partial charge on any atom is -0.486 e. The van der Waals surface area contributed by atoms with Gasteiger partial charge in [-0.15, -0.1) is 0 Å². The number of aromatic nitrogens is 2. The van der Waals surface area contributed by atoms with Gasteiger partial charge in [0.15, 0.2) is 5.76 Å². The lowest BCUT2D eigenvalue weighted by molar-refractivity contribution is 0.0921. The molecule has 0 aliphatic heterocycles. The lowest BCUT2D eigenvalue weighted by atomic mass is 10.3. The predicted molar refractivity (Wildman–Crippen MR) is 106 cm³/mol. The van der Waals surface area contributed by atoms with Crippen LogP contribution in [0.5, 0.6) is 5.75 Å². The highest BCUT2D eigenvalue weighted by Gasteiger charge is 2.11. The quantitative estimate of drug-likeness (QED) is 0.507. The summed E-state index contributed by atoms with van der Waals surface area (Å²) in [5, 5.41) is 7.85. The zero-order valence-corrected chi connectivity index (χ0v) is 17.1. The van der Waals surface area contributed by atoms with Crippen molar-refractivity contribution in [3.8, 4) is 5.75 Å². The molecule has 0 radical (unpaired) electrons. The molecule has 0 atom stereocenters. The van der Waals surface area contributed by atoms with Gasteiger partial charge >= 0.3 is 0 Å². The highest BCUT2D eigenvalue weighted by molar-refractivity contribution is 9.10. The van der Waals surface area contributed by atoms with Crippen LogP contribution in [0, 0.1) is 6.92 Å². The van der Waals surface area contributed by atoms with E-state index in [4.69, 9.17) is 20.8 Å². The third kappa shape index (κ3) is 5.61. The molecule has 1 N–H and O–H groups in total. The molecule has 0 spiro atoms. The van der Waals surface area contributed by atoms with Crippen molar-refractivity contribution >= 4 is 33.4 Å². The normalized spacial score (nSPS) is 10.8. The number of nitrogens with zero attached hydrogens (tertiary/aromatic N) is 2. The van der Waals surface area contributed by atoms with Gasteiger partial charge in [0.2, 0.25) is 0 Å². The molecule has 3 rings (SSSR count). The fourth-order valence-corrected chi connectivity index (χ4v) is 2.84. The van der Waals surface area contributed by atoms with E-state index in [0.29, 0.717) is 23.1 Å². The predicted octanol–water partition coefficient (Wildman–Crippen LogP) is 4.60. The zero-order chi connectivity index (χ0) is 19.2. The van der Waals surface area contributed by atoms with Crippen molar-refractivity contribution in [1.82, 2.24) is 15.1 Å². The van der Waals surface area contributed by atoms with Crippen molar-refractivity contribution in [2.75, 3.05) is 6.54 Å². The number of rotatable bonds is 8. The lowest BCUT2D eigenvalue weighted by Gasteiger charge is -2.05. The molecule has 3 aromatic rings. The molecule has 2 aromatic heterocycles. The average molecular weight is 453 g/mol. The number of halogens is 2. The molecule has 0 fully saturated rings. The Kier molecular flexibility index (Phi) is 6.58. The van der Waals surface area contributed by atoms with E-state index in [0.717, 1.165) is 23.1 Å². The maximum atomic E-state index is 12.1. The lowest BCUT2D eigenvalue weighted by Crippen LogP contribution is -2.24. The largest absolute Gasteiger partial charge is 0.486 e. The van der Waals surface area contributed by atoms with Crippen molar-refractivity contribution in [2.24, 2.45) is 0 Å². The SMILES string of the molecule is Cc1nn(CCCNC(=O)c2ccc(COc3ccc(Cl)cc3)o2)cc1Br. The molecular formula is C19H19BrClN3O3. The molecule has 8 heteroatoms. The number of benzene rings is 1. The topological polar surface area (TPSA) is 69.3 Å². The van der Waals surface area contributed by atoms with Gasteiger partial charge in [-0.05, 0) is 65.7 Å². The molecule has 0 unspecified atom stereocenters. The van der Waals surface area contributed by atoms with Crippen LogP contribution in [0.4, 0.5) is 0 Å². The maximum absolute atomic E-state index is 12.1. The van der Waals surface area contributed by atoms with E-state index in [9.17, 15) is 4.79 Å². The number of hydrogen-bond acceptors (Lipinski definition) is 4. The molecule has 2 heterocycles. The number of carbonyl (C=O) groups is 1. The zero-order valence-electron chi connectivity index (χ0n) is 14.7. The van der Waals surface area contributed by atoms with Crippen LogP contribution in [0.15, 0.2) is 51.5 Å². The Bertz CT molecular complexity index is 886. The molecule has 0 saturated heterocycles.